The van der Waals surface area contributed by atoms with Crippen molar-refractivity contribution in [1.29, 1.82) is 0 Å². The lowest BCUT2D eigenvalue weighted by molar-refractivity contribution is -0.142. The maximum Gasteiger partial charge on any atom is 0.303 e. The number of nitrogens with zero attached hydrogens (tertiary/aromatic N) is 1. The highest BCUT2D eigenvalue weighted by atomic mass is 16.5. The van der Waals surface area contributed by atoms with Crippen LogP contribution in [0.2, 0.25) is 0 Å². The molecule has 0 unspecified atom stereocenters. The molecule has 9 heavy (non-hydrogen) atoms. The second-order valence-electron chi connectivity index (χ2n) is 1.58. The normalized spacial score (nSPS) is 13.6. The monoisotopic (exact) mass is 131 g/mol. The van der Waals surface area contributed by atoms with Crippen LogP contribution in [0.5, 0.6) is 0 Å². The molecule has 0 heterocycles. The Labute approximate surface area is 53.1 Å². The number of oxime groups is 1. The first kappa shape index (κ1) is 7.94. The summed E-state index contributed by atoms with van der Waals surface area (Å²) in [5, 5.41) is 10.6. The molecule has 0 aromatic heterocycles. The minimum atomic E-state index is -0.451. The Balaban J connectivity index is 3.50. The number of esters is 1. The summed E-state index contributed by atoms with van der Waals surface area (Å²) in [6.07, 6.45) is 0.675. The fraction of sp³-hybridized carbons (Fsp3) is 0.600. The van der Waals surface area contributed by atoms with Gasteiger partial charge in [-0.3, -0.25) is 4.79 Å². The molecule has 0 aliphatic carbocycles. The molecule has 0 aromatic carbocycles. The zero-order valence-electron chi connectivity index (χ0n) is 5.37. The Morgan fingerprint density at radius 3 is 2.78 bits per heavy atom. The van der Waals surface area contributed by atoms with Crippen LogP contribution in [-0.2, 0) is 9.53 Å². The second kappa shape index (κ2) is 3.88. The fourth-order valence-corrected chi connectivity index (χ4v) is 0.386. The van der Waals surface area contributed by atoms with Gasteiger partial charge in [0.25, 0.3) is 0 Å². The molecule has 52 valence electrons. The maximum absolute atomic E-state index is 10.2. The van der Waals surface area contributed by atoms with Gasteiger partial charge in [-0.1, -0.05) is 5.16 Å². The van der Waals surface area contributed by atoms with E-state index in [1.165, 1.54) is 6.92 Å². The molecule has 0 saturated carbocycles. The third-order valence-corrected chi connectivity index (χ3v) is 0.628. The summed E-state index contributed by atoms with van der Waals surface area (Å²) >= 11 is 0. The van der Waals surface area contributed by atoms with Gasteiger partial charge in [0.2, 0.25) is 0 Å². The molecular formula is C5H9NO3. The maximum atomic E-state index is 10.2. The quantitative estimate of drug-likeness (QED) is 0.255. The van der Waals surface area contributed by atoms with Gasteiger partial charge in [-0.25, -0.2) is 0 Å². The second-order valence-corrected chi connectivity index (χ2v) is 1.58. The van der Waals surface area contributed by atoms with Crippen LogP contribution < -0.4 is 0 Å². The predicted octanol–water partition coefficient (Wildman–Crippen LogP) is 0.398. The molecule has 1 atom stereocenters. The molecule has 0 saturated heterocycles. The number of hydrogen-bond acceptors (Lipinski definition) is 4. The molecule has 0 fully saturated rings. The Kier molecular flexibility index (Phi) is 3.43. The summed E-state index contributed by atoms with van der Waals surface area (Å²) in [6.45, 7) is 2.89. The standard InChI is InChI=1S/C5H9NO3/c1-4(3-6-8)9-5(2)7/h3-4,8H,1-2H3/b6-3+/t4-/m0/s1. The summed E-state index contributed by atoms with van der Waals surface area (Å²) in [6, 6.07) is 0. The molecule has 0 aromatic rings. The van der Waals surface area contributed by atoms with E-state index in [4.69, 9.17) is 5.21 Å². The van der Waals surface area contributed by atoms with Crippen LogP contribution in [-0.4, -0.2) is 23.5 Å². The molecule has 0 bridgehead atoms. The van der Waals surface area contributed by atoms with Gasteiger partial charge in [0.05, 0.1) is 6.21 Å². The predicted molar refractivity (Wildman–Crippen MR) is 31.5 cm³/mol. The number of ether oxygens (including phenoxy) is 1. The first-order valence-electron chi connectivity index (χ1n) is 2.51. The summed E-state index contributed by atoms with van der Waals surface area (Å²) < 4.78 is 4.54. The van der Waals surface area contributed by atoms with Gasteiger partial charge in [0.15, 0.2) is 0 Å². The van der Waals surface area contributed by atoms with Gasteiger partial charge in [0, 0.05) is 6.92 Å². The van der Waals surface area contributed by atoms with Crippen molar-refractivity contribution >= 4 is 12.2 Å². The largest absolute Gasteiger partial charge is 0.457 e. The molecule has 1 N–H and O–H groups in total. The van der Waals surface area contributed by atoms with E-state index in [9.17, 15) is 4.79 Å². The summed E-state index contributed by atoms with van der Waals surface area (Å²) in [7, 11) is 0. The van der Waals surface area contributed by atoms with Crippen LogP contribution in [0.25, 0.3) is 0 Å². The van der Waals surface area contributed by atoms with Crippen molar-refractivity contribution in [2.24, 2.45) is 5.16 Å². The van der Waals surface area contributed by atoms with E-state index in [-0.39, 0.29) is 5.97 Å². The molecule has 4 nitrogen and oxygen atoms in total. The smallest absolute Gasteiger partial charge is 0.303 e. The van der Waals surface area contributed by atoms with Crippen LogP contribution in [0.15, 0.2) is 5.16 Å². The number of carbonyl (C=O) groups excluding carboxylic acids is 1. The Hall–Kier alpha value is -1.06. The first-order chi connectivity index (χ1) is 4.16. The van der Waals surface area contributed by atoms with Gasteiger partial charge in [-0.2, -0.15) is 0 Å². The lowest BCUT2D eigenvalue weighted by Crippen LogP contribution is -2.12. The molecule has 0 amide bonds. The van der Waals surface area contributed by atoms with Crippen molar-refractivity contribution in [1.82, 2.24) is 0 Å². The molecular weight excluding hydrogens is 122 g/mol. The van der Waals surface area contributed by atoms with E-state index >= 15 is 0 Å². The van der Waals surface area contributed by atoms with Gasteiger partial charge in [-0.05, 0) is 6.92 Å². The third-order valence-electron chi connectivity index (χ3n) is 0.628. The van der Waals surface area contributed by atoms with Crippen molar-refractivity contribution in [2.45, 2.75) is 20.0 Å². The number of hydrogen-bond donors (Lipinski definition) is 1. The van der Waals surface area contributed by atoms with Gasteiger partial charge < -0.3 is 9.94 Å². The van der Waals surface area contributed by atoms with Crippen molar-refractivity contribution in [3.63, 3.8) is 0 Å². The Morgan fingerprint density at radius 1 is 1.89 bits per heavy atom. The number of rotatable bonds is 2. The minimum absolute atomic E-state index is 0.387. The van der Waals surface area contributed by atoms with Crippen LogP contribution >= 0.6 is 0 Å². The van der Waals surface area contributed by atoms with E-state index in [1.54, 1.807) is 6.92 Å². The molecule has 0 aliphatic rings. The lowest BCUT2D eigenvalue weighted by Gasteiger charge is -2.02. The average molecular weight is 131 g/mol. The van der Waals surface area contributed by atoms with Gasteiger partial charge >= 0.3 is 5.97 Å². The van der Waals surface area contributed by atoms with E-state index < -0.39 is 6.10 Å². The van der Waals surface area contributed by atoms with Gasteiger partial charge in [-0.15, -0.1) is 0 Å². The zero-order chi connectivity index (χ0) is 7.28. The van der Waals surface area contributed by atoms with Crippen molar-refractivity contribution < 1.29 is 14.7 Å². The SMILES string of the molecule is CC(=O)O[C@@H](C)/C=N/O. The molecule has 0 aliphatic heterocycles. The summed E-state index contributed by atoms with van der Waals surface area (Å²) in [5.41, 5.74) is 0. The summed E-state index contributed by atoms with van der Waals surface area (Å²) in [4.78, 5) is 10.2. The first-order valence-corrected chi connectivity index (χ1v) is 2.51. The molecule has 4 heteroatoms. The van der Waals surface area contributed by atoms with E-state index in [1.807, 2.05) is 0 Å². The van der Waals surface area contributed by atoms with Crippen molar-refractivity contribution in [2.75, 3.05) is 0 Å². The minimum Gasteiger partial charge on any atom is -0.457 e. The fourth-order valence-electron chi connectivity index (χ4n) is 0.386. The van der Waals surface area contributed by atoms with E-state index in [0.29, 0.717) is 0 Å². The van der Waals surface area contributed by atoms with E-state index in [0.717, 1.165) is 6.21 Å². The molecule has 0 rings (SSSR count). The van der Waals surface area contributed by atoms with Crippen molar-refractivity contribution in [3.8, 4) is 0 Å². The van der Waals surface area contributed by atoms with Crippen LogP contribution in [0, 0.1) is 0 Å². The highest BCUT2D eigenvalue weighted by Crippen LogP contribution is 1.85. The third kappa shape index (κ3) is 4.80. The lowest BCUT2D eigenvalue weighted by atomic mass is 10.4. The van der Waals surface area contributed by atoms with E-state index in [2.05, 4.69) is 9.89 Å². The van der Waals surface area contributed by atoms with Crippen molar-refractivity contribution in [3.05, 3.63) is 0 Å². The highest BCUT2D eigenvalue weighted by molar-refractivity contribution is 5.71. The Bertz CT molecular complexity index is 121. The molecule has 0 spiro atoms. The highest BCUT2D eigenvalue weighted by Gasteiger charge is 1.99. The van der Waals surface area contributed by atoms with Crippen LogP contribution in [0.3, 0.4) is 0 Å². The topological polar surface area (TPSA) is 58.9 Å². The number of carbonyl (C=O) groups is 1. The zero-order valence-corrected chi connectivity index (χ0v) is 5.37. The van der Waals surface area contributed by atoms with Crippen LogP contribution in [0.1, 0.15) is 13.8 Å². The average Bonchev–Trinajstić information content (AvgIpc) is 1.63. The molecule has 0 radical (unpaired) electrons. The Morgan fingerprint density at radius 2 is 2.44 bits per heavy atom. The van der Waals surface area contributed by atoms with Crippen LogP contribution in [0.4, 0.5) is 0 Å². The van der Waals surface area contributed by atoms with Gasteiger partial charge in [0.1, 0.15) is 6.10 Å². The summed E-state index contributed by atoms with van der Waals surface area (Å²) in [5.74, 6) is -0.387.